The van der Waals surface area contributed by atoms with Crippen LogP contribution < -0.4 is 10.1 Å². The number of carbonyl (C=O) groups is 1. The Hall–Kier alpha value is -2.30. The fourth-order valence-electron chi connectivity index (χ4n) is 2.13. The lowest BCUT2D eigenvalue weighted by Crippen LogP contribution is -2.12. The first-order valence-electron chi connectivity index (χ1n) is 7.21. The van der Waals surface area contributed by atoms with Crippen molar-refractivity contribution < 1.29 is 9.53 Å². The zero-order valence-electron chi connectivity index (χ0n) is 12.5. The van der Waals surface area contributed by atoms with Crippen LogP contribution in [0.2, 0.25) is 5.02 Å². The third-order valence-corrected chi connectivity index (χ3v) is 3.98. The van der Waals surface area contributed by atoms with Gasteiger partial charge in [-0.15, -0.1) is 0 Å². The number of anilines is 1. The van der Waals surface area contributed by atoms with Crippen LogP contribution in [0.1, 0.15) is 10.4 Å². The van der Waals surface area contributed by atoms with E-state index >= 15 is 0 Å². The van der Waals surface area contributed by atoms with E-state index in [9.17, 15) is 4.79 Å². The van der Waals surface area contributed by atoms with Crippen LogP contribution in [-0.2, 0) is 0 Å². The highest BCUT2D eigenvalue weighted by molar-refractivity contribution is 9.10. The Morgan fingerprint density at radius 2 is 1.75 bits per heavy atom. The Labute approximate surface area is 153 Å². The number of rotatable bonds is 4. The van der Waals surface area contributed by atoms with Crippen molar-refractivity contribution in [1.29, 1.82) is 0 Å². The molecule has 0 bridgehead atoms. The molecule has 0 spiro atoms. The van der Waals surface area contributed by atoms with Gasteiger partial charge in [-0.3, -0.25) is 4.79 Å². The molecular formula is C19H13BrClNO2. The summed E-state index contributed by atoms with van der Waals surface area (Å²) < 4.78 is 6.68. The molecule has 0 aliphatic heterocycles. The van der Waals surface area contributed by atoms with E-state index in [4.69, 9.17) is 16.3 Å². The molecular weight excluding hydrogens is 390 g/mol. The van der Waals surface area contributed by atoms with Crippen LogP contribution >= 0.6 is 27.5 Å². The predicted molar refractivity (Wildman–Crippen MR) is 100 cm³/mol. The van der Waals surface area contributed by atoms with Crippen molar-refractivity contribution in [3.63, 3.8) is 0 Å². The number of hydrogen-bond donors (Lipinski definition) is 1. The first kappa shape index (κ1) is 16.6. The lowest BCUT2D eigenvalue weighted by Gasteiger charge is -2.13. The van der Waals surface area contributed by atoms with E-state index < -0.39 is 0 Å². The molecule has 3 aromatic rings. The molecule has 0 fully saturated rings. The minimum Gasteiger partial charge on any atom is -0.455 e. The van der Waals surface area contributed by atoms with Gasteiger partial charge in [0.25, 0.3) is 5.91 Å². The molecule has 0 atom stereocenters. The number of benzene rings is 3. The zero-order chi connectivity index (χ0) is 16.9. The molecule has 1 N–H and O–H groups in total. The minimum atomic E-state index is -0.239. The Balaban J connectivity index is 1.87. The van der Waals surface area contributed by atoms with Crippen LogP contribution in [0.3, 0.4) is 0 Å². The summed E-state index contributed by atoms with van der Waals surface area (Å²) in [7, 11) is 0. The van der Waals surface area contributed by atoms with Gasteiger partial charge in [-0.1, -0.05) is 51.8 Å². The first-order valence-corrected chi connectivity index (χ1v) is 8.38. The molecule has 0 saturated heterocycles. The van der Waals surface area contributed by atoms with E-state index in [2.05, 4.69) is 21.2 Å². The van der Waals surface area contributed by atoms with Crippen molar-refractivity contribution >= 4 is 39.1 Å². The summed E-state index contributed by atoms with van der Waals surface area (Å²) in [5.74, 6) is 0.961. The van der Waals surface area contributed by atoms with Crippen LogP contribution in [0.15, 0.2) is 77.3 Å². The monoisotopic (exact) mass is 401 g/mol. The summed E-state index contributed by atoms with van der Waals surface area (Å²) in [5.41, 5.74) is 1.05. The first-order chi connectivity index (χ1) is 11.6. The summed E-state index contributed by atoms with van der Waals surface area (Å²) >= 11 is 9.42. The summed E-state index contributed by atoms with van der Waals surface area (Å²) in [6, 6.07) is 21.6. The second-order valence-electron chi connectivity index (χ2n) is 5.02. The van der Waals surface area contributed by atoms with Crippen molar-refractivity contribution in [3.8, 4) is 11.5 Å². The molecule has 5 heteroatoms. The highest BCUT2D eigenvalue weighted by Crippen LogP contribution is 2.32. The van der Waals surface area contributed by atoms with Gasteiger partial charge >= 0.3 is 0 Å². The summed E-state index contributed by atoms with van der Waals surface area (Å²) in [6.07, 6.45) is 0. The molecule has 3 nitrogen and oxygen atoms in total. The van der Waals surface area contributed by atoms with Crippen molar-refractivity contribution in [2.45, 2.75) is 0 Å². The zero-order valence-corrected chi connectivity index (χ0v) is 14.8. The van der Waals surface area contributed by atoms with Crippen molar-refractivity contribution in [1.82, 2.24) is 0 Å². The largest absolute Gasteiger partial charge is 0.455 e. The van der Waals surface area contributed by atoms with E-state index in [1.54, 1.807) is 36.4 Å². The maximum Gasteiger partial charge on any atom is 0.255 e. The molecule has 120 valence electrons. The normalized spacial score (nSPS) is 10.2. The van der Waals surface area contributed by atoms with Gasteiger partial charge in [-0.2, -0.15) is 0 Å². The second-order valence-corrected chi connectivity index (χ2v) is 6.37. The third-order valence-electron chi connectivity index (χ3n) is 3.25. The van der Waals surface area contributed by atoms with Gasteiger partial charge in [0.2, 0.25) is 0 Å². The molecule has 24 heavy (non-hydrogen) atoms. The maximum atomic E-state index is 12.5. The van der Waals surface area contributed by atoms with Gasteiger partial charge in [0.1, 0.15) is 5.75 Å². The molecule has 0 heterocycles. The van der Waals surface area contributed by atoms with E-state index in [1.165, 1.54) is 0 Å². The Morgan fingerprint density at radius 1 is 0.958 bits per heavy atom. The Morgan fingerprint density at radius 3 is 2.50 bits per heavy atom. The number of halogens is 2. The van der Waals surface area contributed by atoms with Crippen molar-refractivity contribution in [2.75, 3.05) is 5.32 Å². The van der Waals surface area contributed by atoms with E-state index in [-0.39, 0.29) is 5.91 Å². The topological polar surface area (TPSA) is 38.3 Å². The van der Waals surface area contributed by atoms with Crippen molar-refractivity contribution in [3.05, 3.63) is 87.9 Å². The highest BCUT2D eigenvalue weighted by Gasteiger charge is 2.12. The molecule has 0 aliphatic rings. The number of carbonyl (C=O) groups excluding carboxylic acids is 1. The fraction of sp³-hybridized carbons (Fsp3) is 0. The van der Waals surface area contributed by atoms with E-state index in [0.29, 0.717) is 27.8 Å². The van der Waals surface area contributed by atoms with Gasteiger partial charge < -0.3 is 10.1 Å². The molecule has 0 aromatic heterocycles. The standard InChI is InChI=1S/C19H13BrClNO2/c20-14-6-4-5-13(11-14)19(23)22-17-12-15(21)9-10-18(17)24-16-7-2-1-3-8-16/h1-12H,(H,22,23). The minimum absolute atomic E-state index is 0.239. The molecule has 0 aliphatic carbocycles. The van der Waals surface area contributed by atoms with E-state index in [1.807, 2.05) is 36.4 Å². The van der Waals surface area contributed by atoms with Crippen LogP contribution in [0, 0.1) is 0 Å². The Kier molecular flexibility index (Phi) is 5.18. The number of hydrogen-bond acceptors (Lipinski definition) is 2. The number of para-hydroxylation sites is 1. The SMILES string of the molecule is O=C(Nc1cc(Cl)ccc1Oc1ccccc1)c1cccc(Br)c1. The summed E-state index contributed by atoms with van der Waals surface area (Å²) in [6.45, 7) is 0. The van der Waals surface area contributed by atoms with Gasteiger partial charge in [-0.25, -0.2) is 0 Å². The van der Waals surface area contributed by atoms with Crippen LogP contribution in [0.25, 0.3) is 0 Å². The number of ether oxygens (including phenoxy) is 1. The summed E-state index contributed by atoms with van der Waals surface area (Å²) in [4.78, 5) is 12.5. The van der Waals surface area contributed by atoms with Gasteiger partial charge in [0.05, 0.1) is 5.69 Å². The van der Waals surface area contributed by atoms with Gasteiger partial charge in [0, 0.05) is 15.1 Å². The predicted octanol–water partition coefficient (Wildman–Crippen LogP) is 6.15. The van der Waals surface area contributed by atoms with Crippen LogP contribution in [0.4, 0.5) is 5.69 Å². The fourth-order valence-corrected chi connectivity index (χ4v) is 2.70. The second kappa shape index (κ2) is 7.51. The van der Waals surface area contributed by atoms with Crippen LogP contribution in [0.5, 0.6) is 11.5 Å². The molecule has 3 rings (SSSR count). The number of nitrogens with one attached hydrogen (secondary N) is 1. The van der Waals surface area contributed by atoms with E-state index in [0.717, 1.165) is 4.47 Å². The average molecular weight is 403 g/mol. The number of amides is 1. The molecule has 0 radical (unpaired) electrons. The summed E-state index contributed by atoms with van der Waals surface area (Å²) in [5, 5.41) is 3.36. The molecule has 0 unspecified atom stereocenters. The quantitative estimate of drug-likeness (QED) is 0.568. The van der Waals surface area contributed by atoms with Gasteiger partial charge in [0.15, 0.2) is 5.75 Å². The van der Waals surface area contributed by atoms with Crippen LogP contribution in [-0.4, -0.2) is 5.91 Å². The smallest absolute Gasteiger partial charge is 0.255 e. The lowest BCUT2D eigenvalue weighted by molar-refractivity contribution is 0.102. The third kappa shape index (κ3) is 4.16. The molecule has 3 aromatic carbocycles. The van der Waals surface area contributed by atoms with Gasteiger partial charge in [-0.05, 0) is 48.5 Å². The molecule has 1 amide bonds. The van der Waals surface area contributed by atoms with Crippen molar-refractivity contribution in [2.24, 2.45) is 0 Å². The highest BCUT2D eigenvalue weighted by atomic mass is 79.9. The molecule has 0 saturated carbocycles. The Bertz CT molecular complexity index is 868. The average Bonchev–Trinajstić information content (AvgIpc) is 2.58. The maximum absolute atomic E-state index is 12.5. The lowest BCUT2D eigenvalue weighted by atomic mass is 10.2.